The van der Waals surface area contributed by atoms with Gasteiger partial charge in [0.05, 0.1) is 29.3 Å². The van der Waals surface area contributed by atoms with E-state index in [1.165, 1.54) is 0 Å². The molecule has 0 bridgehead atoms. The van der Waals surface area contributed by atoms with Crippen molar-refractivity contribution in [1.29, 1.82) is 0 Å². The number of alkyl halides is 1. The molecule has 1 atom stereocenters. The van der Waals surface area contributed by atoms with Crippen molar-refractivity contribution < 1.29 is 13.9 Å². The van der Waals surface area contributed by atoms with Crippen molar-refractivity contribution in [2.24, 2.45) is 5.92 Å². The van der Waals surface area contributed by atoms with Crippen LogP contribution >= 0.6 is 11.6 Å². The van der Waals surface area contributed by atoms with E-state index in [9.17, 15) is 9.18 Å². The third kappa shape index (κ3) is 4.76. The van der Waals surface area contributed by atoms with Crippen LogP contribution < -0.4 is 10.6 Å². The lowest BCUT2D eigenvalue weighted by Gasteiger charge is -2.31. The van der Waals surface area contributed by atoms with Gasteiger partial charge in [0.2, 0.25) is 0 Å². The molecule has 4 rings (SSSR count). The van der Waals surface area contributed by atoms with Gasteiger partial charge in [0.25, 0.3) is 5.91 Å². The molecule has 0 radical (unpaired) electrons. The normalized spacial score (nSPS) is 27.8. The van der Waals surface area contributed by atoms with Gasteiger partial charge in [-0.1, -0.05) is 17.7 Å². The molecule has 2 fully saturated rings. The average molecular weight is 422 g/mol. The number of hydrogen-bond acceptors (Lipinski definition) is 3. The second-order valence-electron chi connectivity index (χ2n) is 8.62. The van der Waals surface area contributed by atoms with Gasteiger partial charge in [-0.05, 0) is 50.7 Å². The number of carbonyl (C=O) groups excluding carboxylic acids is 1. The topological polar surface area (TPSA) is 55.3 Å². The lowest BCUT2D eigenvalue weighted by Crippen LogP contribution is -2.43. The summed E-state index contributed by atoms with van der Waals surface area (Å²) in [7, 11) is 0. The van der Waals surface area contributed by atoms with E-state index in [1.54, 1.807) is 6.92 Å². The van der Waals surface area contributed by atoms with Crippen LogP contribution in [0, 0.1) is 5.92 Å². The van der Waals surface area contributed by atoms with E-state index < -0.39 is 5.67 Å². The van der Waals surface area contributed by atoms with Crippen LogP contribution in [0.3, 0.4) is 0 Å². The number of halogens is 2. The van der Waals surface area contributed by atoms with Gasteiger partial charge in [-0.15, -0.1) is 0 Å². The molecule has 2 aromatic rings. The van der Waals surface area contributed by atoms with Crippen LogP contribution in [0.25, 0.3) is 10.9 Å². The molecule has 1 aromatic heterocycles. The quantitative estimate of drug-likeness (QED) is 0.769. The molecule has 1 amide bonds. The first-order valence-electron chi connectivity index (χ1n) is 10.5. The molecule has 0 spiro atoms. The van der Waals surface area contributed by atoms with E-state index >= 15 is 0 Å². The first kappa shape index (κ1) is 20.6. The highest BCUT2D eigenvalue weighted by Gasteiger charge is 2.31. The summed E-state index contributed by atoms with van der Waals surface area (Å²) < 4.78 is 21.6. The number of nitrogens with one attached hydrogen (secondary N) is 2. The molecule has 1 aromatic carbocycles. The van der Waals surface area contributed by atoms with Crippen molar-refractivity contribution in [2.75, 3.05) is 26.3 Å². The van der Waals surface area contributed by atoms with Crippen LogP contribution in [0.5, 0.6) is 0 Å². The Balaban J connectivity index is 1.49. The van der Waals surface area contributed by atoms with E-state index in [1.807, 2.05) is 24.4 Å². The summed E-state index contributed by atoms with van der Waals surface area (Å²) in [4.78, 5) is 13.0. The minimum atomic E-state index is -1.06. The van der Waals surface area contributed by atoms with Gasteiger partial charge in [-0.3, -0.25) is 4.79 Å². The van der Waals surface area contributed by atoms with E-state index in [-0.39, 0.29) is 11.9 Å². The van der Waals surface area contributed by atoms with E-state index in [2.05, 4.69) is 15.2 Å². The van der Waals surface area contributed by atoms with Gasteiger partial charge in [-0.2, -0.15) is 0 Å². The summed E-state index contributed by atoms with van der Waals surface area (Å²) in [5, 5.41) is 7.86. The number of fused-ring (bicyclic) bond motifs is 1. The molecule has 29 heavy (non-hydrogen) atoms. The molecule has 2 heterocycles. The zero-order valence-electron chi connectivity index (χ0n) is 16.8. The minimum absolute atomic E-state index is 0.122. The molecule has 2 aliphatic rings. The smallest absolute Gasteiger partial charge is 0.253 e. The SMILES string of the molecule is CC1(F)CCC(CNC(=O)c2cn(CC3COCCN3)c3cccc(Cl)c23)CC1. The van der Waals surface area contributed by atoms with Crippen molar-refractivity contribution in [2.45, 2.75) is 50.9 Å². The predicted molar refractivity (Wildman–Crippen MR) is 113 cm³/mol. The molecule has 1 aliphatic heterocycles. The Kier molecular flexibility index (Phi) is 6.13. The third-order valence-corrected chi connectivity index (χ3v) is 6.53. The highest BCUT2D eigenvalue weighted by atomic mass is 35.5. The van der Waals surface area contributed by atoms with Crippen molar-refractivity contribution >= 4 is 28.4 Å². The van der Waals surface area contributed by atoms with E-state index in [0.717, 1.165) is 36.9 Å². The van der Waals surface area contributed by atoms with Crippen LogP contribution in [0.1, 0.15) is 43.0 Å². The van der Waals surface area contributed by atoms with Crippen molar-refractivity contribution in [3.05, 3.63) is 35.0 Å². The second kappa shape index (κ2) is 8.62. The van der Waals surface area contributed by atoms with Crippen LogP contribution in [0.2, 0.25) is 5.02 Å². The number of ether oxygens (including phenoxy) is 1. The average Bonchev–Trinajstić information content (AvgIpc) is 3.08. The third-order valence-electron chi connectivity index (χ3n) is 6.21. The zero-order valence-corrected chi connectivity index (χ0v) is 17.6. The Labute approximate surface area is 175 Å². The van der Waals surface area contributed by atoms with Crippen LogP contribution in [0.15, 0.2) is 24.4 Å². The Morgan fingerprint density at radius 1 is 1.41 bits per heavy atom. The molecule has 1 unspecified atom stereocenters. The molecule has 158 valence electrons. The number of morpholine rings is 1. The Hall–Kier alpha value is -1.63. The Morgan fingerprint density at radius 2 is 2.21 bits per heavy atom. The van der Waals surface area contributed by atoms with Gasteiger partial charge >= 0.3 is 0 Å². The van der Waals surface area contributed by atoms with Gasteiger partial charge in [0.1, 0.15) is 5.67 Å². The molecule has 1 aliphatic carbocycles. The number of carbonyl (C=O) groups is 1. The zero-order chi connectivity index (χ0) is 20.4. The standard InChI is InChI=1S/C22H29ClFN3O2/c1-22(24)7-5-15(6-8-22)11-26-21(28)17-13-27(12-16-14-29-10-9-25-16)19-4-2-3-18(23)20(17)19/h2-4,13,15-16,25H,5-12,14H2,1H3,(H,26,28). The van der Waals surface area contributed by atoms with Crippen molar-refractivity contribution in [3.8, 4) is 0 Å². The molecular weight excluding hydrogens is 393 g/mol. The first-order valence-corrected chi connectivity index (χ1v) is 10.9. The lowest BCUT2D eigenvalue weighted by molar-refractivity contribution is 0.0718. The summed E-state index contributed by atoms with van der Waals surface area (Å²) in [6.07, 6.45) is 4.64. The highest BCUT2D eigenvalue weighted by Crippen LogP contribution is 2.34. The number of rotatable bonds is 5. The molecule has 1 saturated carbocycles. The van der Waals surface area contributed by atoms with Gasteiger partial charge in [0, 0.05) is 37.3 Å². The fraction of sp³-hybridized carbons (Fsp3) is 0.591. The number of hydrogen-bond donors (Lipinski definition) is 2. The van der Waals surface area contributed by atoms with Crippen molar-refractivity contribution in [3.63, 3.8) is 0 Å². The summed E-state index contributed by atoms with van der Waals surface area (Å²) in [6.45, 7) is 5.16. The molecule has 5 nitrogen and oxygen atoms in total. The maximum atomic E-state index is 14.0. The lowest BCUT2D eigenvalue weighted by atomic mass is 9.81. The monoisotopic (exact) mass is 421 g/mol. The largest absolute Gasteiger partial charge is 0.378 e. The van der Waals surface area contributed by atoms with E-state index in [0.29, 0.717) is 49.0 Å². The summed E-state index contributed by atoms with van der Waals surface area (Å²) in [6, 6.07) is 5.91. The highest BCUT2D eigenvalue weighted by molar-refractivity contribution is 6.36. The van der Waals surface area contributed by atoms with Gasteiger partial charge in [-0.25, -0.2) is 4.39 Å². The predicted octanol–water partition coefficient (Wildman–Crippen LogP) is 3.93. The Morgan fingerprint density at radius 3 is 2.93 bits per heavy atom. The Bertz CT molecular complexity index is 866. The number of amides is 1. The maximum absolute atomic E-state index is 14.0. The molecule has 7 heteroatoms. The maximum Gasteiger partial charge on any atom is 0.253 e. The van der Waals surface area contributed by atoms with E-state index in [4.69, 9.17) is 16.3 Å². The number of aromatic nitrogens is 1. The summed E-state index contributed by atoms with van der Waals surface area (Å²) in [5.41, 5.74) is 0.479. The summed E-state index contributed by atoms with van der Waals surface area (Å²) >= 11 is 6.47. The van der Waals surface area contributed by atoms with Crippen LogP contribution in [-0.2, 0) is 11.3 Å². The number of nitrogens with zero attached hydrogens (tertiary/aromatic N) is 1. The summed E-state index contributed by atoms with van der Waals surface area (Å²) in [5.74, 6) is 0.207. The van der Waals surface area contributed by atoms with Gasteiger partial charge < -0.3 is 19.9 Å². The second-order valence-corrected chi connectivity index (χ2v) is 9.03. The fourth-order valence-electron chi connectivity index (χ4n) is 4.42. The molecular formula is C22H29ClFN3O2. The van der Waals surface area contributed by atoms with Crippen LogP contribution in [-0.4, -0.2) is 48.5 Å². The van der Waals surface area contributed by atoms with Crippen molar-refractivity contribution in [1.82, 2.24) is 15.2 Å². The number of benzene rings is 1. The van der Waals surface area contributed by atoms with Gasteiger partial charge in [0.15, 0.2) is 0 Å². The molecule has 2 N–H and O–H groups in total. The minimum Gasteiger partial charge on any atom is -0.378 e. The molecule has 1 saturated heterocycles. The fourth-order valence-corrected chi connectivity index (χ4v) is 4.69. The van der Waals surface area contributed by atoms with Crippen LogP contribution in [0.4, 0.5) is 4.39 Å². The first-order chi connectivity index (χ1) is 13.9.